The third kappa shape index (κ3) is 13.2. The molecule has 0 saturated carbocycles. The molecule has 1 saturated heterocycles. The average molecular weight is 319 g/mol. The number of aliphatic hydroxyl groups excluding tert-OH is 1. The van der Waals surface area contributed by atoms with Crippen molar-refractivity contribution < 1.29 is 19.4 Å². The topological polar surface area (TPSA) is 59.0 Å². The van der Waals surface area contributed by atoms with E-state index in [0.29, 0.717) is 38.9 Å². The van der Waals surface area contributed by atoms with Crippen molar-refractivity contribution in [2.75, 3.05) is 46.1 Å². The number of carbonyl (C=O) groups is 1. The molecule has 0 radical (unpaired) electrons. The molecule has 0 aliphatic carbocycles. The van der Waals surface area contributed by atoms with Crippen molar-refractivity contribution in [2.24, 2.45) is 0 Å². The molecule has 5 heteroatoms. The highest BCUT2D eigenvalue weighted by Gasteiger charge is 2.22. The van der Waals surface area contributed by atoms with E-state index in [-0.39, 0.29) is 12.4 Å². The van der Waals surface area contributed by atoms with Crippen LogP contribution >= 0.6 is 0 Å². The predicted octanol–water partition coefficient (Wildman–Crippen LogP) is 2.51. The van der Waals surface area contributed by atoms with Crippen LogP contribution in [0.5, 0.6) is 0 Å². The smallest absolute Gasteiger partial charge is 0.132 e. The van der Waals surface area contributed by atoms with Gasteiger partial charge in [-0.15, -0.1) is 0 Å². The summed E-state index contributed by atoms with van der Waals surface area (Å²) in [6.07, 6.45) is 2.73. The van der Waals surface area contributed by atoms with Gasteiger partial charge in [-0.05, 0) is 26.3 Å². The van der Waals surface area contributed by atoms with Gasteiger partial charge in [0.05, 0.1) is 33.0 Å². The van der Waals surface area contributed by atoms with Gasteiger partial charge >= 0.3 is 0 Å². The van der Waals surface area contributed by atoms with Crippen molar-refractivity contribution in [3.05, 3.63) is 0 Å². The molecule has 0 bridgehead atoms. The normalized spacial score (nSPS) is 17.3. The number of likely N-dealkylation sites (tertiary alicyclic amines) is 1. The van der Waals surface area contributed by atoms with E-state index >= 15 is 0 Å². The Bertz CT molecular complexity index is 237. The van der Waals surface area contributed by atoms with E-state index in [4.69, 9.17) is 14.6 Å². The molecular weight excluding hydrogens is 282 g/mol. The SMILES string of the molecule is CC.CC.CC(=O)CCOCCOCCN1CCC[C@H]1CO. The zero-order valence-corrected chi connectivity index (χ0v) is 15.3. The molecule has 0 unspecified atom stereocenters. The van der Waals surface area contributed by atoms with Crippen LogP contribution in [0.15, 0.2) is 0 Å². The molecule has 0 aromatic carbocycles. The number of aliphatic hydroxyl groups is 1. The molecule has 0 aromatic heterocycles. The van der Waals surface area contributed by atoms with Crippen LogP contribution in [0.4, 0.5) is 0 Å². The van der Waals surface area contributed by atoms with Crippen molar-refractivity contribution in [3.8, 4) is 0 Å². The minimum absolute atomic E-state index is 0.153. The Hall–Kier alpha value is -0.490. The lowest BCUT2D eigenvalue weighted by atomic mass is 10.2. The molecule has 22 heavy (non-hydrogen) atoms. The van der Waals surface area contributed by atoms with Gasteiger partial charge in [0.25, 0.3) is 0 Å². The number of hydrogen-bond acceptors (Lipinski definition) is 5. The monoisotopic (exact) mass is 319 g/mol. The minimum Gasteiger partial charge on any atom is -0.395 e. The van der Waals surface area contributed by atoms with E-state index in [0.717, 1.165) is 19.5 Å². The van der Waals surface area contributed by atoms with E-state index in [2.05, 4.69) is 4.90 Å². The number of nitrogens with zero attached hydrogens (tertiary/aromatic N) is 1. The quantitative estimate of drug-likeness (QED) is 0.627. The van der Waals surface area contributed by atoms with Gasteiger partial charge in [0.2, 0.25) is 0 Å². The highest BCUT2D eigenvalue weighted by Crippen LogP contribution is 2.15. The van der Waals surface area contributed by atoms with E-state index in [1.807, 2.05) is 27.7 Å². The van der Waals surface area contributed by atoms with Crippen molar-refractivity contribution in [2.45, 2.75) is 59.9 Å². The molecule has 1 atom stereocenters. The molecule has 1 fully saturated rings. The maximum atomic E-state index is 10.6. The molecular formula is C17H37NO4. The Morgan fingerprint density at radius 3 is 2.23 bits per heavy atom. The van der Waals surface area contributed by atoms with E-state index < -0.39 is 0 Å². The first-order valence-corrected chi connectivity index (χ1v) is 8.74. The highest BCUT2D eigenvalue weighted by atomic mass is 16.5. The Morgan fingerprint density at radius 1 is 1.09 bits per heavy atom. The van der Waals surface area contributed by atoms with Crippen LogP contribution in [-0.2, 0) is 14.3 Å². The van der Waals surface area contributed by atoms with Gasteiger partial charge in [-0.1, -0.05) is 27.7 Å². The fourth-order valence-electron chi connectivity index (χ4n) is 2.12. The third-order valence-electron chi connectivity index (χ3n) is 3.20. The minimum atomic E-state index is 0.153. The van der Waals surface area contributed by atoms with Crippen LogP contribution in [0.25, 0.3) is 0 Å². The average Bonchev–Trinajstić information content (AvgIpc) is 3.01. The highest BCUT2D eigenvalue weighted by molar-refractivity contribution is 5.75. The first kappa shape index (κ1) is 23.8. The Morgan fingerprint density at radius 2 is 1.68 bits per heavy atom. The summed E-state index contributed by atoms with van der Waals surface area (Å²) in [6.45, 7) is 14.0. The van der Waals surface area contributed by atoms with Gasteiger partial charge in [0.15, 0.2) is 0 Å². The standard InChI is InChI=1S/C13H25NO4.2C2H6/c1-12(16)4-7-17-9-10-18-8-6-14-5-2-3-13(14)11-15;2*1-2/h13,15H,2-11H2,1H3;2*1-2H3/t13-;;/m0../s1. The summed E-state index contributed by atoms with van der Waals surface area (Å²) in [5.41, 5.74) is 0. The number of Topliss-reactive ketones (excluding diaryl/α,β-unsaturated/α-hetero) is 1. The molecule has 1 N–H and O–H groups in total. The van der Waals surface area contributed by atoms with E-state index in [9.17, 15) is 4.79 Å². The van der Waals surface area contributed by atoms with Gasteiger partial charge in [-0.3, -0.25) is 9.69 Å². The van der Waals surface area contributed by atoms with Crippen LogP contribution < -0.4 is 0 Å². The van der Waals surface area contributed by atoms with Crippen LogP contribution in [-0.4, -0.2) is 68.0 Å². The fraction of sp³-hybridized carbons (Fsp3) is 0.941. The first-order chi connectivity index (χ1) is 10.7. The van der Waals surface area contributed by atoms with Crippen LogP contribution in [0, 0.1) is 0 Å². The van der Waals surface area contributed by atoms with Crippen molar-refractivity contribution >= 4 is 5.78 Å². The predicted molar refractivity (Wildman–Crippen MR) is 91.3 cm³/mol. The van der Waals surface area contributed by atoms with Crippen LogP contribution in [0.3, 0.4) is 0 Å². The maximum Gasteiger partial charge on any atom is 0.132 e. The Labute approximate surface area is 137 Å². The second kappa shape index (κ2) is 18.6. The van der Waals surface area contributed by atoms with Crippen molar-refractivity contribution in [3.63, 3.8) is 0 Å². The van der Waals surface area contributed by atoms with Gasteiger partial charge in [-0.25, -0.2) is 0 Å². The number of ketones is 1. The van der Waals surface area contributed by atoms with E-state index in [1.54, 1.807) is 6.92 Å². The fourth-order valence-corrected chi connectivity index (χ4v) is 2.12. The molecule has 0 amide bonds. The van der Waals surface area contributed by atoms with Crippen LogP contribution in [0.1, 0.15) is 53.9 Å². The van der Waals surface area contributed by atoms with Crippen molar-refractivity contribution in [1.82, 2.24) is 4.90 Å². The number of rotatable bonds is 10. The summed E-state index contributed by atoms with van der Waals surface area (Å²) < 4.78 is 10.7. The molecule has 1 rings (SSSR count). The summed E-state index contributed by atoms with van der Waals surface area (Å²) in [5.74, 6) is 0.153. The largest absolute Gasteiger partial charge is 0.395 e. The molecule has 0 spiro atoms. The first-order valence-electron chi connectivity index (χ1n) is 8.74. The number of hydrogen-bond donors (Lipinski definition) is 1. The number of ether oxygens (including phenoxy) is 2. The van der Waals surface area contributed by atoms with Crippen LogP contribution in [0.2, 0.25) is 0 Å². The Balaban J connectivity index is 0. The second-order valence-corrected chi connectivity index (χ2v) is 4.69. The summed E-state index contributed by atoms with van der Waals surface area (Å²) in [7, 11) is 0. The maximum absolute atomic E-state index is 10.6. The zero-order chi connectivity index (χ0) is 17.2. The van der Waals surface area contributed by atoms with Gasteiger partial charge < -0.3 is 14.6 Å². The molecule has 1 heterocycles. The second-order valence-electron chi connectivity index (χ2n) is 4.69. The molecule has 5 nitrogen and oxygen atoms in total. The van der Waals surface area contributed by atoms with E-state index in [1.165, 1.54) is 6.42 Å². The number of carbonyl (C=O) groups excluding carboxylic acids is 1. The van der Waals surface area contributed by atoms with Crippen molar-refractivity contribution in [1.29, 1.82) is 0 Å². The summed E-state index contributed by atoms with van der Waals surface area (Å²) >= 11 is 0. The summed E-state index contributed by atoms with van der Waals surface area (Å²) in [4.78, 5) is 12.9. The summed E-state index contributed by atoms with van der Waals surface area (Å²) in [5, 5.41) is 9.15. The Kier molecular flexibility index (Phi) is 20.1. The zero-order valence-electron chi connectivity index (χ0n) is 15.3. The molecule has 1 aliphatic rings. The van der Waals surface area contributed by atoms with Gasteiger partial charge in [-0.2, -0.15) is 0 Å². The molecule has 134 valence electrons. The van der Waals surface area contributed by atoms with Gasteiger partial charge in [0, 0.05) is 19.0 Å². The molecule has 0 aromatic rings. The summed E-state index contributed by atoms with van der Waals surface area (Å²) in [6, 6.07) is 0.320. The lowest BCUT2D eigenvalue weighted by Gasteiger charge is -2.22. The lowest BCUT2D eigenvalue weighted by molar-refractivity contribution is -0.118. The lowest BCUT2D eigenvalue weighted by Crippen LogP contribution is -2.35. The third-order valence-corrected chi connectivity index (χ3v) is 3.20. The van der Waals surface area contributed by atoms with Gasteiger partial charge in [0.1, 0.15) is 5.78 Å². The molecule has 1 aliphatic heterocycles.